The van der Waals surface area contributed by atoms with Gasteiger partial charge in [0, 0.05) is 10.8 Å². The van der Waals surface area contributed by atoms with Gasteiger partial charge in [-0.05, 0) is 90.8 Å². The minimum atomic E-state index is -0.167. The van der Waals surface area contributed by atoms with E-state index < -0.39 is 0 Å². The van der Waals surface area contributed by atoms with Crippen molar-refractivity contribution < 1.29 is 10.2 Å². The Balaban J connectivity index is 1.60. The maximum absolute atomic E-state index is 10.9. The minimum absolute atomic E-state index is 0.00106. The molecule has 3 saturated carbocycles. The summed E-state index contributed by atoms with van der Waals surface area (Å²) in [6.45, 7) is 17.5. The zero-order valence-electron chi connectivity index (χ0n) is 21.8. The van der Waals surface area contributed by atoms with E-state index in [2.05, 4.69) is 66.7 Å². The Morgan fingerprint density at radius 1 is 0.875 bits per heavy atom. The molecule has 5 aliphatic rings. The highest BCUT2D eigenvalue weighted by Gasteiger charge is 2.67. The number of hydrogen-bond donors (Lipinski definition) is 2. The molecule has 0 aromatic heterocycles. The van der Waals surface area contributed by atoms with Crippen LogP contribution in [0.2, 0.25) is 0 Å². The summed E-state index contributed by atoms with van der Waals surface area (Å²) >= 11 is 0. The Bertz CT molecular complexity index is 851. The summed E-state index contributed by atoms with van der Waals surface area (Å²) in [5.41, 5.74) is 2.54. The molecular formula is C30H48O2. The van der Waals surface area contributed by atoms with Crippen LogP contribution in [0, 0.1) is 50.2 Å². The number of fused-ring (bicyclic) bond motifs is 7. The molecule has 2 N–H and O–H groups in total. The first-order valence-corrected chi connectivity index (χ1v) is 13.5. The van der Waals surface area contributed by atoms with Gasteiger partial charge >= 0.3 is 0 Å². The van der Waals surface area contributed by atoms with Crippen LogP contribution in [-0.2, 0) is 0 Å². The van der Waals surface area contributed by atoms with Gasteiger partial charge < -0.3 is 10.2 Å². The van der Waals surface area contributed by atoms with Crippen LogP contribution >= 0.6 is 0 Å². The largest absolute Gasteiger partial charge is 0.395 e. The number of hydrogen-bond acceptors (Lipinski definition) is 2. The highest BCUT2D eigenvalue weighted by atomic mass is 16.3. The molecule has 2 nitrogen and oxygen atoms in total. The fourth-order valence-electron chi connectivity index (χ4n) is 10.1. The third-order valence-corrected chi connectivity index (χ3v) is 12.5. The number of aliphatic hydroxyl groups excluding tert-OH is 2. The van der Waals surface area contributed by atoms with Crippen LogP contribution in [0.25, 0.3) is 0 Å². The van der Waals surface area contributed by atoms with E-state index in [1.165, 1.54) is 32.1 Å². The van der Waals surface area contributed by atoms with Crippen LogP contribution in [0.4, 0.5) is 0 Å². The Labute approximate surface area is 197 Å². The van der Waals surface area contributed by atoms with Gasteiger partial charge in [0.25, 0.3) is 0 Å². The smallest absolute Gasteiger partial charge is 0.0594 e. The molecule has 32 heavy (non-hydrogen) atoms. The first-order valence-electron chi connectivity index (χ1n) is 13.5. The van der Waals surface area contributed by atoms with Gasteiger partial charge in [-0.2, -0.15) is 0 Å². The van der Waals surface area contributed by atoms with Crippen molar-refractivity contribution >= 4 is 0 Å². The normalized spacial score (nSPS) is 53.3. The highest BCUT2D eigenvalue weighted by Crippen LogP contribution is 2.74. The molecule has 0 amide bonds. The van der Waals surface area contributed by atoms with E-state index in [9.17, 15) is 10.2 Å². The van der Waals surface area contributed by atoms with Crippen LogP contribution in [0.1, 0.15) is 99.8 Å². The van der Waals surface area contributed by atoms with Crippen molar-refractivity contribution in [2.45, 2.75) is 106 Å². The molecule has 5 aliphatic carbocycles. The van der Waals surface area contributed by atoms with E-state index in [0.29, 0.717) is 23.2 Å². The van der Waals surface area contributed by atoms with Gasteiger partial charge in [0.1, 0.15) is 0 Å². The Morgan fingerprint density at radius 2 is 1.59 bits per heavy atom. The monoisotopic (exact) mass is 440 g/mol. The molecule has 0 aromatic rings. The summed E-state index contributed by atoms with van der Waals surface area (Å²) in [7, 11) is 0. The molecular weight excluding hydrogens is 392 g/mol. The number of allylic oxidation sites excluding steroid dienone is 3. The zero-order chi connectivity index (χ0) is 23.4. The molecule has 8 atom stereocenters. The fraction of sp³-hybridized carbons (Fsp3) is 0.867. The highest BCUT2D eigenvalue weighted by molar-refractivity contribution is 5.40. The van der Waals surface area contributed by atoms with E-state index >= 15 is 0 Å². The predicted octanol–water partition coefficient (Wildman–Crippen LogP) is 6.92. The Hall–Kier alpha value is -0.600. The summed E-state index contributed by atoms with van der Waals surface area (Å²) in [6.07, 6.45) is 16.8. The molecule has 5 rings (SSSR count). The van der Waals surface area contributed by atoms with Gasteiger partial charge in [-0.1, -0.05) is 72.3 Å². The van der Waals surface area contributed by atoms with Gasteiger partial charge in [0.2, 0.25) is 0 Å². The second-order valence-corrected chi connectivity index (χ2v) is 14.7. The molecule has 0 radical (unpaired) electrons. The van der Waals surface area contributed by atoms with Crippen molar-refractivity contribution in [2.24, 2.45) is 50.2 Å². The second kappa shape index (κ2) is 6.75. The standard InChI is InChI=1S/C30H48O2/c1-25(2)14-16-30(19-31)17-15-28(6)20(21(30)18-25)8-9-23-27(5)12-11-24(32)26(3,4)22(27)10-13-29(23,28)7/h8,15,17,21-24,31-32H,9-14,16,18-19H2,1-7H3. The molecule has 0 aliphatic heterocycles. The Kier molecular flexibility index (Phi) is 4.88. The minimum Gasteiger partial charge on any atom is -0.395 e. The SMILES string of the molecule is CC1(C)CCC2(CO)C=CC3(C)C(=CCC4C5(C)CCC(O)C(C)(C)C5CCC43C)C2C1. The van der Waals surface area contributed by atoms with Crippen LogP contribution in [0.5, 0.6) is 0 Å². The summed E-state index contributed by atoms with van der Waals surface area (Å²) < 4.78 is 0. The summed E-state index contributed by atoms with van der Waals surface area (Å²) in [5, 5.41) is 21.5. The van der Waals surface area contributed by atoms with E-state index in [0.717, 1.165) is 19.3 Å². The zero-order valence-corrected chi connectivity index (χ0v) is 21.8. The lowest BCUT2D eigenvalue weighted by Crippen LogP contribution is -2.63. The van der Waals surface area contributed by atoms with Gasteiger partial charge in [0.15, 0.2) is 0 Å². The lowest BCUT2D eigenvalue weighted by atomic mass is 9.34. The lowest BCUT2D eigenvalue weighted by molar-refractivity contribution is -0.191. The first-order chi connectivity index (χ1) is 14.8. The van der Waals surface area contributed by atoms with Crippen molar-refractivity contribution in [2.75, 3.05) is 6.61 Å². The summed E-state index contributed by atoms with van der Waals surface area (Å²) in [6, 6.07) is 0. The van der Waals surface area contributed by atoms with Gasteiger partial charge in [-0.15, -0.1) is 0 Å². The molecule has 2 heteroatoms. The van der Waals surface area contributed by atoms with Crippen LogP contribution in [0.3, 0.4) is 0 Å². The van der Waals surface area contributed by atoms with Crippen molar-refractivity contribution in [3.05, 3.63) is 23.8 Å². The number of rotatable bonds is 1. The predicted molar refractivity (Wildman–Crippen MR) is 132 cm³/mol. The first kappa shape index (κ1) is 23.2. The molecule has 0 bridgehead atoms. The molecule has 0 heterocycles. The van der Waals surface area contributed by atoms with Crippen molar-refractivity contribution in [1.29, 1.82) is 0 Å². The topological polar surface area (TPSA) is 40.5 Å². The molecule has 180 valence electrons. The van der Waals surface area contributed by atoms with Crippen molar-refractivity contribution in [1.82, 2.24) is 0 Å². The molecule has 3 fully saturated rings. The maximum Gasteiger partial charge on any atom is 0.0594 e. The lowest BCUT2D eigenvalue weighted by Gasteiger charge is -2.70. The van der Waals surface area contributed by atoms with Crippen molar-refractivity contribution in [3.8, 4) is 0 Å². The van der Waals surface area contributed by atoms with Gasteiger partial charge in [-0.3, -0.25) is 0 Å². The van der Waals surface area contributed by atoms with E-state index in [4.69, 9.17) is 0 Å². The van der Waals surface area contributed by atoms with Crippen molar-refractivity contribution in [3.63, 3.8) is 0 Å². The third kappa shape index (κ3) is 2.72. The number of aliphatic hydroxyl groups is 2. The molecule has 0 saturated heterocycles. The maximum atomic E-state index is 10.9. The summed E-state index contributed by atoms with van der Waals surface area (Å²) in [4.78, 5) is 0. The van der Waals surface area contributed by atoms with Gasteiger partial charge in [-0.25, -0.2) is 0 Å². The third-order valence-electron chi connectivity index (χ3n) is 12.5. The van der Waals surface area contributed by atoms with Gasteiger partial charge in [0.05, 0.1) is 12.7 Å². The van der Waals surface area contributed by atoms with E-state index in [1.807, 2.05) is 0 Å². The van der Waals surface area contributed by atoms with E-state index in [-0.39, 0.29) is 39.8 Å². The van der Waals surface area contributed by atoms with Crippen LogP contribution in [0.15, 0.2) is 23.8 Å². The summed E-state index contributed by atoms with van der Waals surface area (Å²) in [5.74, 6) is 1.71. The van der Waals surface area contributed by atoms with Crippen LogP contribution < -0.4 is 0 Å². The van der Waals surface area contributed by atoms with Crippen LogP contribution in [-0.4, -0.2) is 22.9 Å². The quantitative estimate of drug-likeness (QED) is 0.435. The second-order valence-electron chi connectivity index (χ2n) is 14.7. The fourth-order valence-corrected chi connectivity index (χ4v) is 10.1. The molecule has 0 spiro atoms. The average Bonchev–Trinajstić information content (AvgIpc) is 2.71. The Morgan fingerprint density at radius 3 is 2.28 bits per heavy atom. The van der Waals surface area contributed by atoms with E-state index in [1.54, 1.807) is 5.57 Å². The molecule has 8 unspecified atom stereocenters. The average molecular weight is 441 g/mol. The molecule has 0 aromatic carbocycles.